The van der Waals surface area contributed by atoms with Gasteiger partial charge in [-0.3, -0.25) is 0 Å². The summed E-state index contributed by atoms with van der Waals surface area (Å²) < 4.78 is 26.8. The number of rotatable bonds is 5. The molecule has 1 heterocycles. The van der Waals surface area contributed by atoms with Crippen molar-refractivity contribution in [2.24, 2.45) is 0 Å². The molecule has 112 valence electrons. The molecule has 0 aromatic heterocycles. The molecule has 0 fully saturated rings. The van der Waals surface area contributed by atoms with Crippen LogP contribution in [0.4, 0.5) is 0 Å². The van der Waals surface area contributed by atoms with Gasteiger partial charge in [-0.15, -0.1) is 0 Å². The van der Waals surface area contributed by atoms with Gasteiger partial charge in [-0.1, -0.05) is 23.3 Å². The van der Waals surface area contributed by atoms with E-state index in [-0.39, 0.29) is 15.5 Å². The molecule has 1 aliphatic heterocycles. The van der Waals surface area contributed by atoms with Gasteiger partial charge in [0.25, 0.3) is 0 Å². The molecule has 0 spiro atoms. The van der Waals surface area contributed by atoms with Gasteiger partial charge in [0.15, 0.2) is 0 Å². The maximum Gasteiger partial charge on any atom is 0.240 e. The Morgan fingerprint density at radius 3 is 2.86 bits per heavy atom. The van der Waals surface area contributed by atoms with E-state index in [0.717, 1.165) is 19.5 Å². The monoisotopic (exact) mass is 325 g/mol. The number of sulfonamides is 1. The fourth-order valence-electron chi connectivity index (χ4n) is 2.08. The predicted octanol–water partition coefficient (Wildman–Crippen LogP) is 1.80. The van der Waals surface area contributed by atoms with Crippen molar-refractivity contribution < 1.29 is 8.42 Å². The Bertz CT molecular complexity index is 693. The SMILES string of the molecule is N#Cc1ccc(S(=O)(=O)NCCC2=CCNCC2)cc1Cl. The third-order valence-electron chi connectivity index (χ3n) is 3.27. The van der Waals surface area contributed by atoms with Gasteiger partial charge in [0.05, 0.1) is 15.5 Å². The lowest BCUT2D eigenvalue weighted by Gasteiger charge is -2.14. The molecule has 0 amide bonds. The molecular weight excluding hydrogens is 310 g/mol. The van der Waals surface area contributed by atoms with Crippen LogP contribution in [-0.4, -0.2) is 28.1 Å². The summed E-state index contributed by atoms with van der Waals surface area (Å²) in [4.78, 5) is 0.0748. The molecule has 1 aliphatic rings. The standard InChI is InChI=1S/C14H16ClN3O2S/c15-14-9-13(2-1-12(14)10-16)21(19,20)18-8-5-11-3-6-17-7-4-11/h1-3,9,17-18H,4-8H2. The minimum absolute atomic E-state index is 0.0748. The van der Waals surface area contributed by atoms with Gasteiger partial charge in [0.1, 0.15) is 6.07 Å². The second-order valence-corrected chi connectivity index (χ2v) is 6.89. The number of halogens is 1. The minimum Gasteiger partial charge on any atom is -0.313 e. The lowest BCUT2D eigenvalue weighted by atomic mass is 10.1. The van der Waals surface area contributed by atoms with Crippen LogP contribution in [-0.2, 0) is 10.0 Å². The molecule has 0 unspecified atom stereocenters. The van der Waals surface area contributed by atoms with Crippen LogP contribution in [0, 0.1) is 11.3 Å². The zero-order valence-electron chi connectivity index (χ0n) is 11.4. The Labute approximate surface area is 129 Å². The summed E-state index contributed by atoms with van der Waals surface area (Å²) >= 11 is 5.86. The summed E-state index contributed by atoms with van der Waals surface area (Å²) in [5.74, 6) is 0. The van der Waals surface area contributed by atoms with Crippen molar-refractivity contribution in [3.05, 3.63) is 40.4 Å². The number of nitriles is 1. The first-order chi connectivity index (χ1) is 10.0. The lowest BCUT2D eigenvalue weighted by molar-refractivity contribution is 0.580. The second-order valence-electron chi connectivity index (χ2n) is 4.72. The summed E-state index contributed by atoms with van der Waals surface area (Å²) in [5, 5.41) is 12.1. The summed E-state index contributed by atoms with van der Waals surface area (Å²) in [6, 6.07) is 5.99. The Morgan fingerprint density at radius 2 is 2.24 bits per heavy atom. The minimum atomic E-state index is -3.60. The molecule has 0 radical (unpaired) electrons. The van der Waals surface area contributed by atoms with E-state index in [1.165, 1.54) is 23.8 Å². The van der Waals surface area contributed by atoms with Crippen LogP contribution in [0.15, 0.2) is 34.7 Å². The Kier molecular flexibility index (Phi) is 5.37. The largest absolute Gasteiger partial charge is 0.313 e. The number of hydrogen-bond donors (Lipinski definition) is 2. The highest BCUT2D eigenvalue weighted by atomic mass is 35.5. The molecule has 0 aliphatic carbocycles. The molecule has 7 heteroatoms. The topological polar surface area (TPSA) is 82.0 Å². The first-order valence-corrected chi connectivity index (χ1v) is 8.47. The smallest absolute Gasteiger partial charge is 0.240 e. The van der Waals surface area contributed by atoms with E-state index in [9.17, 15) is 8.42 Å². The summed E-state index contributed by atoms with van der Waals surface area (Å²) in [6.45, 7) is 2.13. The van der Waals surface area contributed by atoms with Crippen molar-refractivity contribution in [1.29, 1.82) is 5.26 Å². The second kappa shape index (κ2) is 7.05. The molecule has 1 aromatic rings. The quantitative estimate of drug-likeness (QED) is 0.809. The third kappa shape index (κ3) is 4.29. The molecule has 5 nitrogen and oxygen atoms in total. The zero-order chi connectivity index (χ0) is 15.3. The fraction of sp³-hybridized carbons (Fsp3) is 0.357. The highest BCUT2D eigenvalue weighted by Gasteiger charge is 2.15. The molecule has 21 heavy (non-hydrogen) atoms. The van der Waals surface area contributed by atoms with Crippen molar-refractivity contribution >= 4 is 21.6 Å². The van der Waals surface area contributed by atoms with Gasteiger partial charge >= 0.3 is 0 Å². The van der Waals surface area contributed by atoms with Crippen molar-refractivity contribution in [3.63, 3.8) is 0 Å². The van der Waals surface area contributed by atoms with E-state index < -0.39 is 10.0 Å². The van der Waals surface area contributed by atoms with E-state index in [2.05, 4.69) is 16.1 Å². The fourth-order valence-corrected chi connectivity index (χ4v) is 3.42. The third-order valence-corrected chi connectivity index (χ3v) is 5.04. The van der Waals surface area contributed by atoms with Crippen LogP contribution < -0.4 is 10.0 Å². The highest BCUT2D eigenvalue weighted by molar-refractivity contribution is 7.89. The summed E-state index contributed by atoms with van der Waals surface area (Å²) in [6.07, 6.45) is 3.74. The molecular formula is C14H16ClN3O2S. The van der Waals surface area contributed by atoms with Crippen molar-refractivity contribution in [2.75, 3.05) is 19.6 Å². The normalized spacial score (nSPS) is 15.3. The van der Waals surface area contributed by atoms with Crippen molar-refractivity contribution in [2.45, 2.75) is 17.7 Å². The van der Waals surface area contributed by atoms with Gasteiger partial charge in [0, 0.05) is 13.1 Å². The van der Waals surface area contributed by atoms with Gasteiger partial charge in [-0.2, -0.15) is 5.26 Å². The Morgan fingerprint density at radius 1 is 1.43 bits per heavy atom. The van der Waals surface area contributed by atoms with Gasteiger partial charge in [0.2, 0.25) is 10.0 Å². The van der Waals surface area contributed by atoms with Gasteiger partial charge in [-0.25, -0.2) is 13.1 Å². The van der Waals surface area contributed by atoms with Crippen LogP contribution in [0.25, 0.3) is 0 Å². The van der Waals surface area contributed by atoms with Crippen LogP contribution in [0.5, 0.6) is 0 Å². The molecule has 1 aromatic carbocycles. The van der Waals surface area contributed by atoms with Crippen LogP contribution in [0.3, 0.4) is 0 Å². The van der Waals surface area contributed by atoms with E-state index in [1.54, 1.807) is 0 Å². The number of nitrogens with zero attached hydrogens (tertiary/aromatic N) is 1. The Balaban J connectivity index is 2.00. The predicted molar refractivity (Wildman–Crippen MR) is 81.5 cm³/mol. The van der Waals surface area contributed by atoms with Crippen molar-refractivity contribution in [1.82, 2.24) is 10.0 Å². The zero-order valence-corrected chi connectivity index (χ0v) is 13.0. The highest BCUT2D eigenvalue weighted by Crippen LogP contribution is 2.20. The molecule has 2 N–H and O–H groups in total. The van der Waals surface area contributed by atoms with Crippen molar-refractivity contribution in [3.8, 4) is 6.07 Å². The molecule has 0 bridgehead atoms. The van der Waals surface area contributed by atoms with Crippen LogP contribution >= 0.6 is 11.6 Å². The van der Waals surface area contributed by atoms with Gasteiger partial charge < -0.3 is 5.32 Å². The Hall–Kier alpha value is -1.39. The molecule has 0 atom stereocenters. The van der Waals surface area contributed by atoms with E-state index >= 15 is 0 Å². The summed E-state index contributed by atoms with van der Waals surface area (Å²) in [7, 11) is -3.60. The van der Waals surface area contributed by atoms with Crippen LogP contribution in [0.2, 0.25) is 5.02 Å². The molecule has 0 saturated heterocycles. The number of benzene rings is 1. The average Bonchev–Trinajstić information content (AvgIpc) is 2.48. The lowest BCUT2D eigenvalue weighted by Crippen LogP contribution is -2.26. The first-order valence-electron chi connectivity index (χ1n) is 6.61. The van der Waals surface area contributed by atoms with Crippen LogP contribution in [0.1, 0.15) is 18.4 Å². The molecule has 2 rings (SSSR count). The number of nitrogens with one attached hydrogen (secondary N) is 2. The number of hydrogen-bond acceptors (Lipinski definition) is 4. The summed E-state index contributed by atoms with van der Waals surface area (Å²) in [5.41, 5.74) is 1.52. The molecule has 0 saturated carbocycles. The maximum atomic E-state index is 12.1. The van der Waals surface area contributed by atoms with E-state index in [0.29, 0.717) is 13.0 Å². The first kappa shape index (κ1) is 16.0. The van der Waals surface area contributed by atoms with Gasteiger partial charge in [-0.05, 0) is 37.6 Å². The van der Waals surface area contributed by atoms with E-state index in [4.69, 9.17) is 16.9 Å². The average molecular weight is 326 g/mol. The maximum absolute atomic E-state index is 12.1. The van der Waals surface area contributed by atoms with E-state index in [1.807, 2.05) is 6.07 Å².